The first-order valence-electron chi connectivity index (χ1n) is 10.3. The number of hydrogen-bond acceptors (Lipinski definition) is 6. The number of halogens is 1. The fraction of sp³-hybridized carbons (Fsp3) is 0.409. The molecule has 8 nitrogen and oxygen atoms in total. The summed E-state index contributed by atoms with van der Waals surface area (Å²) in [5.41, 5.74) is 1.90. The van der Waals surface area contributed by atoms with Gasteiger partial charge in [0.2, 0.25) is 5.82 Å². The van der Waals surface area contributed by atoms with Gasteiger partial charge in [0.15, 0.2) is 0 Å². The first kappa shape index (κ1) is 20.9. The number of esters is 1. The minimum Gasteiger partial charge on any atom is -0.400 e. The molecule has 3 aromatic rings. The SMILES string of the molecule is CC(=O)Oc1nc(C(C)C2CCC(c3ccnc4ccc(F)cc34)CC2)[nH]c1[N+](=O)[O-]. The van der Waals surface area contributed by atoms with Gasteiger partial charge in [-0.05, 0) is 72.3 Å². The average Bonchev–Trinajstić information content (AvgIpc) is 3.16. The fourth-order valence-corrected chi connectivity index (χ4v) is 4.56. The lowest BCUT2D eigenvalue weighted by atomic mass is 9.73. The molecule has 0 spiro atoms. The van der Waals surface area contributed by atoms with Crippen LogP contribution in [0, 0.1) is 21.8 Å². The number of nitro groups is 1. The second kappa shape index (κ2) is 8.41. The van der Waals surface area contributed by atoms with E-state index in [0.29, 0.717) is 11.7 Å². The second-order valence-electron chi connectivity index (χ2n) is 8.09. The Hall–Kier alpha value is -3.36. The van der Waals surface area contributed by atoms with Crippen LogP contribution in [0.25, 0.3) is 10.9 Å². The van der Waals surface area contributed by atoms with E-state index in [1.165, 1.54) is 13.0 Å². The molecule has 0 amide bonds. The Morgan fingerprint density at radius 2 is 2.03 bits per heavy atom. The third-order valence-corrected chi connectivity index (χ3v) is 6.18. The number of ether oxygens (including phenoxy) is 1. The van der Waals surface area contributed by atoms with E-state index in [1.807, 2.05) is 13.0 Å². The van der Waals surface area contributed by atoms with Crippen molar-refractivity contribution in [3.63, 3.8) is 0 Å². The van der Waals surface area contributed by atoms with E-state index in [9.17, 15) is 19.3 Å². The summed E-state index contributed by atoms with van der Waals surface area (Å²) in [6.45, 7) is 3.15. The van der Waals surface area contributed by atoms with E-state index in [-0.39, 0.29) is 23.5 Å². The zero-order valence-corrected chi connectivity index (χ0v) is 17.3. The topological polar surface area (TPSA) is 111 Å². The molecule has 162 valence electrons. The largest absolute Gasteiger partial charge is 0.400 e. The number of aromatic amines is 1. The van der Waals surface area contributed by atoms with Crippen molar-refractivity contribution in [3.05, 3.63) is 57.8 Å². The fourth-order valence-electron chi connectivity index (χ4n) is 4.56. The number of hydrogen-bond donors (Lipinski definition) is 1. The highest BCUT2D eigenvalue weighted by Gasteiger charge is 2.33. The molecule has 1 atom stereocenters. The van der Waals surface area contributed by atoms with Crippen molar-refractivity contribution >= 4 is 22.7 Å². The van der Waals surface area contributed by atoms with Gasteiger partial charge in [0.25, 0.3) is 0 Å². The zero-order chi connectivity index (χ0) is 22.1. The van der Waals surface area contributed by atoms with Crippen LogP contribution in [0.2, 0.25) is 0 Å². The number of rotatable bonds is 5. The molecule has 31 heavy (non-hydrogen) atoms. The molecule has 1 aliphatic carbocycles. The summed E-state index contributed by atoms with van der Waals surface area (Å²) in [6.07, 6.45) is 5.42. The minimum absolute atomic E-state index is 0.0596. The van der Waals surface area contributed by atoms with Crippen LogP contribution in [0.4, 0.5) is 10.2 Å². The number of nitrogens with one attached hydrogen (secondary N) is 1. The van der Waals surface area contributed by atoms with E-state index >= 15 is 0 Å². The summed E-state index contributed by atoms with van der Waals surface area (Å²) in [4.78, 5) is 33.1. The summed E-state index contributed by atoms with van der Waals surface area (Å²) in [6, 6.07) is 6.64. The molecule has 0 saturated heterocycles. The van der Waals surface area contributed by atoms with Gasteiger partial charge in [0.05, 0.1) is 5.52 Å². The van der Waals surface area contributed by atoms with Crippen molar-refractivity contribution < 1.29 is 18.8 Å². The molecule has 2 aromatic heterocycles. The molecule has 4 rings (SSSR count). The van der Waals surface area contributed by atoms with Crippen molar-refractivity contribution in [1.29, 1.82) is 0 Å². The van der Waals surface area contributed by atoms with Crippen LogP contribution in [-0.2, 0) is 4.79 Å². The number of carbonyl (C=O) groups is 1. The standard InChI is InChI=1S/C22H23FN4O4/c1-12(20-25-21(27(29)30)22(26-20)31-13(2)28)14-3-5-15(6-4-14)17-9-10-24-19-8-7-16(23)11-18(17)19/h7-12,14-15H,3-6H2,1-2H3,(H,25,26). The summed E-state index contributed by atoms with van der Waals surface area (Å²) in [5, 5.41) is 12.1. The zero-order valence-electron chi connectivity index (χ0n) is 17.3. The average molecular weight is 426 g/mol. The van der Waals surface area contributed by atoms with Gasteiger partial charge in [0, 0.05) is 24.4 Å². The molecule has 1 aliphatic rings. The maximum Gasteiger partial charge on any atom is 0.385 e. The van der Waals surface area contributed by atoms with Crippen molar-refractivity contribution in [3.8, 4) is 5.88 Å². The van der Waals surface area contributed by atoms with Gasteiger partial charge in [-0.15, -0.1) is 0 Å². The Morgan fingerprint density at radius 3 is 2.71 bits per heavy atom. The van der Waals surface area contributed by atoms with Crippen LogP contribution in [0.15, 0.2) is 30.5 Å². The molecule has 1 N–H and O–H groups in total. The molecule has 1 aromatic carbocycles. The molecule has 0 radical (unpaired) electrons. The van der Waals surface area contributed by atoms with Gasteiger partial charge in [-0.2, -0.15) is 4.98 Å². The molecule has 0 bridgehead atoms. The van der Waals surface area contributed by atoms with E-state index in [1.54, 1.807) is 18.3 Å². The van der Waals surface area contributed by atoms with Gasteiger partial charge < -0.3 is 14.9 Å². The van der Waals surface area contributed by atoms with Crippen molar-refractivity contribution in [1.82, 2.24) is 15.0 Å². The maximum atomic E-state index is 13.8. The van der Waals surface area contributed by atoms with Crippen LogP contribution >= 0.6 is 0 Å². The van der Waals surface area contributed by atoms with Crippen LogP contribution in [0.1, 0.15) is 62.8 Å². The number of fused-ring (bicyclic) bond motifs is 1. The number of benzene rings is 1. The number of aromatic nitrogens is 3. The monoisotopic (exact) mass is 426 g/mol. The van der Waals surface area contributed by atoms with Gasteiger partial charge in [-0.25, -0.2) is 9.37 Å². The van der Waals surface area contributed by atoms with E-state index in [0.717, 1.165) is 42.1 Å². The van der Waals surface area contributed by atoms with Crippen LogP contribution < -0.4 is 4.74 Å². The number of pyridine rings is 1. The van der Waals surface area contributed by atoms with Gasteiger partial charge in [0.1, 0.15) is 5.82 Å². The van der Waals surface area contributed by atoms with Gasteiger partial charge >= 0.3 is 17.7 Å². The number of nitrogens with zero attached hydrogens (tertiary/aromatic N) is 3. The Labute approximate surface area is 178 Å². The third kappa shape index (κ3) is 4.26. The highest BCUT2D eigenvalue weighted by molar-refractivity contribution is 5.82. The number of imidazole rings is 1. The van der Waals surface area contributed by atoms with Crippen molar-refractivity contribution in [2.75, 3.05) is 0 Å². The Balaban J connectivity index is 1.50. The molecular weight excluding hydrogens is 403 g/mol. The highest BCUT2D eigenvalue weighted by Crippen LogP contribution is 2.43. The van der Waals surface area contributed by atoms with Gasteiger partial charge in [-0.1, -0.05) is 6.92 Å². The molecule has 1 saturated carbocycles. The summed E-state index contributed by atoms with van der Waals surface area (Å²) < 4.78 is 18.7. The Kier molecular flexibility index (Phi) is 5.67. The van der Waals surface area contributed by atoms with Gasteiger partial charge in [-0.3, -0.25) is 9.78 Å². The highest BCUT2D eigenvalue weighted by atomic mass is 19.1. The summed E-state index contributed by atoms with van der Waals surface area (Å²) in [7, 11) is 0. The molecule has 1 unspecified atom stereocenters. The molecule has 1 fully saturated rings. The van der Waals surface area contributed by atoms with Crippen LogP contribution in [-0.4, -0.2) is 25.8 Å². The molecular formula is C22H23FN4O4. The van der Waals surface area contributed by atoms with Crippen molar-refractivity contribution in [2.24, 2.45) is 5.92 Å². The van der Waals surface area contributed by atoms with Crippen molar-refractivity contribution in [2.45, 2.75) is 51.4 Å². The Bertz CT molecular complexity index is 1140. The predicted octanol–water partition coefficient (Wildman–Crippen LogP) is 5.01. The lowest BCUT2D eigenvalue weighted by Crippen LogP contribution is -2.19. The smallest absolute Gasteiger partial charge is 0.385 e. The summed E-state index contributed by atoms with van der Waals surface area (Å²) >= 11 is 0. The normalized spacial score (nSPS) is 19.8. The molecule has 0 aliphatic heterocycles. The quantitative estimate of drug-likeness (QED) is 0.349. The first-order valence-corrected chi connectivity index (χ1v) is 10.3. The van der Waals surface area contributed by atoms with Crippen LogP contribution in [0.5, 0.6) is 5.88 Å². The van der Waals surface area contributed by atoms with E-state index < -0.39 is 16.7 Å². The molecule has 9 heteroatoms. The molecule has 2 heterocycles. The predicted molar refractivity (Wildman–Crippen MR) is 111 cm³/mol. The lowest BCUT2D eigenvalue weighted by Gasteiger charge is -2.31. The third-order valence-electron chi connectivity index (χ3n) is 6.18. The van der Waals surface area contributed by atoms with E-state index in [2.05, 4.69) is 15.0 Å². The Morgan fingerprint density at radius 1 is 1.29 bits per heavy atom. The van der Waals surface area contributed by atoms with Crippen LogP contribution in [0.3, 0.4) is 0 Å². The summed E-state index contributed by atoms with van der Waals surface area (Å²) in [5.74, 6) is -0.662. The first-order chi connectivity index (χ1) is 14.8. The maximum absolute atomic E-state index is 13.8. The second-order valence-corrected chi connectivity index (χ2v) is 8.09. The lowest BCUT2D eigenvalue weighted by molar-refractivity contribution is -0.390. The minimum atomic E-state index is -0.657. The number of H-pyrrole nitrogens is 1. The number of carbonyl (C=O) groups excluding carboxylic acids is 1. The van der Waals surface area contributed by atoms with E-state index in [4.69, 9.17) is 4.74 Å².